The van der Waals surface area contributed by atoms with Crippen molar-refractivity contribution in [2.75, 3.05) is 18.6 Å². The van der Waals surface area contributed by atoms with Gasteiger partial charge in [-0.25, -0.2) is 4.79 Å². The van der Waals surface area contributed by atoms with Gasteiger partial charge in [0.2, 0.25) is 5.95 Å². The molecule has 170 valence electrons. The monoisotopic (exact) mass is 453 g/mol. The molecule has 0 radical (unpaired) electrons. The molecular formula is C26H23N5O3. The van der Waals surface area contributed by atoms with Crippen molar-refractivity contribution >= 4 is 33.6 Å². The van der Waals surface area contributed by atoms with E-state index in [9.17, 15) is 9.59 Å². The largest absolute Gasteiger partial charge is 0.497 e. The molecule has 8 nitrogen and oxygen atoms in total. The molecule has 0 saturated heterocycles. The van der Waals surface area contributed by atoms with Crippen molar-refractivity contribution in [1.29, 1.82) is 0 Å². The van der Waals surface area contributed by atoms with Gasteiger partial charge in [0.15, 0.2) is 11.2 Å². The number of aryl methyl sites for hydroxylation is 1. The fourth-order valence-electron chi connectivity index (χ4n) is 4.82. The van der Waals surface area contributed by atoms with E-state index in [2.05, 4.69) is 4.90 Å². The number of imidazole rings is 1. The summed E-state index contributed by atoms with van der Waals surface area (Å²) in [5.74, 6) is 1.44. The standard InChI is InChI=1S/C26H23N5O3/c1-28-23-22(30-15-14-29(25(30)27-23)19-10-12-20(34-2)13-11-19)24(32)31(26(28)33)16-18-8-5-7-17-6-3-4-9-21(17)18/h3-13H,14-16H2,1-2H3. The first kappa shape index (κ1) is 20.3. The molecule has 0 aliphatic carbocycles. The van der Waals surface area contributed by atoms with Crippen molar-refractivity contribution in [2.24, 2.45) is 7.05 Å². The Labute approximate surface area is 194 Å². The summed E-state index contributed by atoms with van der Waals surface area (Å²) >= 11 is 0. The van der Waals surface area contributed by atoms with Gasteiger partial charge in [0.25, 0.3) is 5.56 Å². The van der Waals surface area contributed by atoms with Gasteiger partial charge in [0.05, 0.1) is 13.7 Å². The maximum atomic E-state index is 13.6. The minimum absolute atomic E-state index is 0.200. The molecule has 0 unspecified atom stereocenters. The number of anilines is 2. The van der Waals surface area contributed by atoms with E-state index in [0.717, 1.165) is 27.8 Å². The SMILES string of the molecule is COc1ccc(N2CCn3c2nc2c3c(=O)n(Cc3cccc4ccccc34)c(=O)n2C)cc1. The Bertz CT molecular complexity index is 1670. The minimum Gasteiger partial charge on any atom is -0.497 e. The van der Waals surface area contributed by atoms with Crippen LogP contribution in [0.15, 0.2) is 76.3 Å². The molecule has 2 aromatic heterocycles. The Morgan fingerprint density at radius 2 is 1.71 bits per heavy atom. The molecule has 3 aromatic carbocycles. The van der Waals surface area contributed by atoms with Gasteiger partial charge in [0, 0.05) is 25.8 Å². The van der Waals surface area contributed by atoms with Gasteiger partial charge in [0.1, 0.15) is 5.75 Å². The van der Waals surface area contributed by atoms with Gasteiger partial charge < -0.3 is 14.2 Å². The van der Waals surface area contributed by atoms with Crippen LogP contribution in [0.3, 0.4) is 0 Å². The Morgan fingerprint density at radius 1 is 0.941 bits per heavy atom. The van der Waals surface area contributed by atoms with Crippen molar-refractivity contribution in [3.63, 3.8) is 0 Å². The van der Waals surface area contributed by atoms with Gasteiger partial charge in [-0.3, -0.25) is 13.9 Å². The molecule has 0 amide bonds. The Kier molecular flexibility index (Phi) is 4.55. The number of hydrogen-bond acceptors (Lipinski definition) is 5. The molecule has 5 aromatic rings. The molecule has 1 aliphatic rings. The lowest BCUT2D eigenvalue weighted by molar-refractivity contribution is 0.415. The van der Waals surface area contributed by atoms with E-state index in [1.54, 1.807) is 14.2 Å². The summed E-state index contributed by atoms with van der Waals surface area (Å²) < 4.78 is 9.97. The molecule has 0 fully saturated rings. The van der Waals surface area contributed by atoms with Crippen LogP contribution in [0.2, 0.25) is 0 Å². The van der Waals surface area contributed by atoms with E-state index in [4.69, 9.17) is 9.72 Å². The van der Waals surface area contributed by atoms with Crippen LogP contribution in [-0.4, -0.2) is 32.3 Å². The summed E-state index contributed by atoms with van der Waals surface area (Å²) in [6.07, 6.45) is 0. The molecule has 6 rings (SSSR count). The molecule has 1 aliphatic heterocycles. The van der Waals surface area contributed by atoms with Crippen LogP contribution in [0.4, 0.5) is 11.6 Å². The summed E-state index contributed by atoms with van der Waals surface area (Å²) in [7, 11) is 3.30. The van der Waals surface area contributed by atoms with E-state index >= 15 is 0 Å². The maximum absolute atomic E-state index is 13.6. The molecule has 0 saturated carbocycles. The lowest BCUT2D eigenvalue weighted by Gasteiger charge is -2.16. The van der Waals surface area contributed by atoms with Gasteiger partial charge in [-0.2, -0.15) is 4.98 Å². The third-order valence-corrected chi connectivity index (χ3v) is 6.59. The molecule has 8 heteroatoms. The van der Waals surface area contributed by atoms with Gasteiger partial charge >= 0.3 is 5.69 Å². The lowest BCUT2D eigenvalue weighted by atomic mass is 10.0. The predicted molar refractivity (Wildman–Crippen MR) is 132 cm³/mol. The van der Waals surface area contributed by atoms with E-state index < -0.39 is 0 Å². The number of hydrogen-bond donors (Lipinski definition) is 0. The zero-order valence-corrected chi connectivity index (χ0v) is 18.9. The second-order valence-corrected chi connectivity index (χ2v) is 8.46. The molecule has 0 bridgehead atoms. The second-order valence-electron chi connectivity index (χ2n) is 8.46. The van der Waals surface area contributed by atoms with E-state index in [-0.39, 0.29) is 17.8 Å². The Morgan fingerprint density at radius 3 is 2.50 bits per heavy atom. The molecule has 0 N–H and O–H groups in total. The van der Waals surface area contributed by atoms with Crippen LogP contribution in [0, 0.1) is 0 Å². The highest BCUT2D eigenvalue weighted by atomic mass is 16.5. The third-order valence-electron chi connectivity index (χ3n) is 6.59. The van der Waals surface area contributed by atoms with Gasteiger partial charge in [-0.1, -0.05) is 42.5 Å². The average Bonchev–Trinajstić information content (AvgIpc) is 3.45. The van der Waals surface area contributed by atoms with Crippen LogP contribution in [0.25, 0.3) is 21.9 Å². The number of aromatic nitrogens is 4. The van der Waals surface area contributed by atoms with Gasteiger partial charge in [-0.15, -0.1) is 0 Å². The highest BCUT2D eigenvalue weighted by Gasteiger charge is 2.28. The first-order valence-electron chi connectivity index (χ1n) is 11.1. The molecule has 0 atom stereocenters. The van der Waals surface area contributed by atoms with E-state index in [1.807, 2.05) is 71.3 Å². The van der Waals surface area contributed by atoms with Crippen molar-refractivity contribution < 1.29 is 4.74 Å². The van der Waals surface area contributed by atoms with Crippen LogP contribution < -0.4 is 20.9 Å². The summed E-state index contributed by atoms with van der Waals surface area (Å²) in [6.45, 7) is 1.50. The smallest absolute Gasteiger partial charge is 0.332 e. The number of methoxy groups -OCH3 is 1. The van der Waals surface area contributed by atoms with Gasteiger partial charge in [-0.05, 0) is 40.6 Å². The molecule has 0 spiro atoms. The minimum atomic E-state index is -0.377. The highest BCUT2D eigenvalue weighted by molar-refractivity contribution is 5.85. The fourth-order valence-corrected chi connectivity index (χ4v) is 4.82. The number of nitrogens with zero attached hydrogens (tertiary/aromatic N) is 5. The number of rotatable bonds is 4. The first-order chi connectivity index (χ1) is 16.6. The van der Waals surface area contributed by atoms with E-state index in [0.29, 0.717) is 30.2 Å². The van der Waals surface area contributed by atoms with E-state index in [1.165, 1.54) is 9.13 Å². The molecular weight excluding hydrogens is 430 g/mol. The Hall–Kier alpha value is -4.33. The molecule has 3 heterocycles. The summed E-state index contributed by atoms with van der Waals surface area (Å²) in [6, 6.07) is 21.7. The second kappa shape index (κ2) is 7.62. The van der Waals surface area contributed by atoms with Crippen molar-refractivity contribution in [1.82, 2.24) is 18.7 Å². The zero-order chi connectivity index (χ0) is 23.4. The van der Waals surface area contributed by atoms with Crippen LogP contribution in [0.5, 0.6) is 5.75 Å². The topological polar surface area (TPSA) is 74.3 Å². The highest BCUT2D eigenvalue weighted by Crippen LogP contribution is 2.32. The maximum Gasteiger partial charge on any atom is 0.332 e. The number of ether oxygens (including phenoxy) is 1. The normalized spacial score (nSPS) is 13.1. The molecule has 34 heavy (non-hydrogen) atoms. The summed E-state index contributed by atoms with van der Waals surface area (Å²) in [5.41, 5.74) is 2.04. The number of benzene rings is 3. The van der Waals surface area contributed by atoms with Crippen molar-refractivity contribution in [3.8, 4) is 5.75 Å². The Balaban J connectivity index is 1.50. The van der Waals surface area contributed by atoms with Crippen LogP contribution in [-0.2, 0) is 20.1 Å². The quantitative estimate of drug-likeness (QED) is 0.418. The first-order valence-corrected chi connectivity index (χ1v) is 11.1. The average molecular weight is 454 g/mol. The fraction of sp³-hybridized carbons (Fsp3) is 0.192. The lowest BCUT2D eigenvalue weighted by Crippen LogP contribution is -2.40. The number of fused-ring (bicyclic) bond motifs is 4. The predicted octanol–water partition coefficient (Wildman–Crippen LogP) is 3.26. The third kappa shape index (κ3) is 2.95. The van der Waals surface area contributed by atoms with Crippen molar-refractivity contribution in [3.05, 3.63) is 93.1 Å². The van der Waals surface area contributed by atoms with Crippen LogP contribution >= 0.6 is 0 Å². The summed E-state index contributed by atoms with van der Waals surface area (Å²) in [5, 5.41) is 2.11. The summed E-state index contributed by atoms with van der Waals surface area (Å²) in [4.78, 5) is 33.7. The van der Waals surface area contributed by atoms with Crippen LogP contribution in [0.1, 0.15) is 5.56 Å². The zero-order valence-electron chi connectivity index (χ0n) is 18.9. The van der Waals surface area contributed by atoms with Crippen molar-refractivity contribution in [2.45, 2.75) is 13.1 Å².